The van der Waals surface area contributed by atoms with Gasteiger partial charge in [-0.2, -0.15) is 0 Å². The number of hydrogen-bond donors (Lipinski definition) is 0. The molecule has 0 saturated carbocycles. The maximum atomic E-state index is 2.34. The SMILES string of the molecule is c1ccc(-c2c3ccccc3c(-c3cccc4c3-c3cccc5cccc(c35)-c3ccccc3-4)c3ccccc23)cc1. The summed E-state index contributed by atoms with van der Waals surface area (Å²) in [6.45, 7) is 0. The second kappa shape index (κ2) is 9.03. The molecular weight excluding hydrogens is 504 g/mol. The first-order valence-electron chi connectivity index (χ1n) is 14.6. The van der Waals surface area contributed by atoms with Crippen molar-refractivity contribution in [3.05, 3.63) is 158 Å². The van der Waals surface area contributed by atoms with Crippen LogP contribution in [0.1, 0.15) is 0 Å². The first-order chi connectivity index (χ1) is 20.9. The third-order valence-corrected chi connectivity index (χ3v) is 9.01. The smallest absolute Gasteiger partial charge is 0.00197 e. The summed E-state index contributed by atoms with van der Waals surface area (Å²) in [5, 5.41) is 7.72. The van der Waals surface area contributed by atoms with Crippen molar-refractivity contribution in [2.24, 2.45) is 0 Å². The van der Waals surface area contributed by atoms with E-state index in [0.29, 0.717) is 0 Å². The van der Waals surface area contributed by atoms with Gasteiger partial charge in [0, 0.05) is 0 Å². The van der Waals surface area contributed by atoms with E-state index < -0.39 is 0 Å². The minimum Gasteiger partial charge on any atom is -0.0622 e. The molecule has 0 spiro atoms. The summed E-state index contributed by atoms with van der Waals surface area (Å²) in [7, 11) is 0. The Balaban J connectivity index is 1.50. The van der Waals surface area contributed by atoms with Gasteiger partial charge < -0.3 is 0 Å². The van der Waals surface area contributed by atoms with Crippen molar-refractivity contribution in [2.75, 3.05) is 0 Å². The highest BCUT2D eigenvalue weighted by molar-refractivity contribution is 6.24. The lowest BCUT2D eigenvalue weighted by Gasteiger charge is -2.21. The summed E-state index contributed by atoms with van der Waals surface area (Å²) in [4.78, 5) is 0. The molecule has 0 heterocycles. The van der Waals surface area contributed by atoms with Gasteiger partial charge in [-0.25, -0.2) is 0 Å². The Kier molecular flexibility index (Phi) is 5.00. The Morgan fingerprint density at radius 1 is 0.238 bits per heavy atom. The average Bonchev–Trinajstić information content (AvgIpc) is 3.18. The zero-order valence-electron chi connectivity index (χ0n) is 23.0. The molecule has 0 amide bonds. The van der Waals surface area contributed by atoms with Gasteiger partial charge in [-0.1, -0.05) is 158 Å². The van der Waals surface area contributed by atoms with E-state index in [-0.39, 0.29) is 0 Å². The van der Waals surface area contributed by atoms with Crippen LogP contribution in [0.3, 0.4) is 0 Å². The van der Waals surface area contributed by atoms with Crippen LogP contribution in [0.4, 0.5) is 0 Å². The Labute approximate surface area is 245 Å². The zero-order valence-corrected chi connectivity index (χ0v) is 23.0. The van der Waals surface area contributed by atoms with Gasteiger partial charge >= 0.3 is 0 Å². The van der Waals surface area contributed by atoms with Gasteiger partial charge in [0.25, 0.3) is 0 Å². The van der Waals surface area contributed by atoms with Crippen LogP contribution in [0.2, 0.25) is 0 Å². The summed E-state index contributed by atoms with van der Waals surface area (Å²) in [6.07, 6.45) is 0. The van der Waals surface area contributed by atoms with Crippen LogP contribution < -0.4 is 0 Å². The van der Waals surface area contributed by atoms with Gasteiger partial charge in [-0.05, 0) is 88.0 Å². The normalized spacial score (nSPS) is 11.8. The summed E-state index contributed by atoms with van der Waals surface area (Å²) < 4.78 is 0. The summed E-state index contributed by atoms with van der Waals surface area (Å²) in [5.41, 5.74) is 12.9. The molecule has 0 fully saturated rings. The van der Waals surface area contributed by atoms with Gasteiger partial charge in [0.1, 0.15) is 0 Å². The van der Waals surface area contributed by atoms with E-state index in [1.54, 1.807) is 0 Å². The van der Waals surface area contributed by atoms with Crippen molar-refractivity contribution >= 4 is 32.3 Å². The number of rotatable bonds is 2. The molecule has 194 valence electrons. The predicted octanol–water partition coefficient (Wildman–Crippen LogP) is 11.8. The van der Waals surface area contributed by atoms with E-state index >= 15 is 0 Å². The van der Waals surface area contributed by atoms with E-state index in [9.17, 15) is 0 Å². The van der Waals surface area contributed by atoms with E-state index in [1.165, 1.54) is 88.0 Å². The third-order valence-electron chi connectivity index (χ3n) is 9.01. The molecule has 0 aliphatic heterocycles. The third kappa shape index (κ3) is 3.24. The Bertz CT molecular complexity index is 2280. The molecule has 0 bridgehead atoms. The predicted molar refractivity (Wildman–Crippen MR) is 180 cm³/mol. The number of hydrogen-bond acceptors (Lipinski definition) is 0. The highest BCUT2D eigenvalue weighted by Crippen LogP contribution is 2.53. The number of benzene rings is 8. The monoisotopic (exact) mass is 530 g/mol. The molecule has 42 heavy (non-hydrogen) atoms. The van der Waals surface area contributed by atoms with Crippen molar-refractivity contribution in [2.45, 2.75) is 0 Å². The topological polar surface area (TPSA) is 0 Å². The van der Waals surface area contributed by atoms with Crippen LogP contribution in [0, 0.1) is 0 Å². The van der Waals surface area contributed by atoms with E-state index in [2.05, 4.69) is 158 Å². The molecule has 0 N–H and O–H groups in total. The molecule has 0 saturated heterocycles. The first kappa shape index (κ1) is 23.3. The quantitative estimate of drug-likeness (QED) is 0.195. The molecule has 9 rings (SSSR count). The van der Waals surface area contributed by atoms with Crippen molar-refractivity contribution in [1.82, 2.24) is 0 Å². The fraction of sp³-hybridized carbons (Fsp3) is 0. The molecule has 0 heteroatoms. The maximum absolute atomic E-state index is 2.34. The minimum absolute atomic E-state index is 1.25. The molecule has 0 unspecified atom stereocenters. The minimum atomic E-state index is 1.25. The van der Waals surface area contributed by atoms with Crippen molar-refractivity contribution in [3.8, 4) is 55.6 Å². The van der Waals surface area contributed by atoms with Crippen molar-refractivity contribution in [3.63, 3.8) is 0 Å². The molecule has 0 aromatic heterocycles. The summed E-state index contributed by atoms with van der Waals surface area (Å²) >= 11 is 0. The van der Waals surface area contributed by atoms with Crippen LogP contribution in [0.5, 0.6) is 0 Å². The average molecular weight is 531 g/mol. The maximum Gasteiger partial charge on any atom is -0.00197 e. The lowest BCUT2D eigenvalue weighted by Crippen LogP contribution is -1.94. The van der Waals surface area contributed by atoms with E-state index in [0.717, 1.165) is 0 Å². The second-order valence-corrected chi connectivity index (χ2v) is 11.2. The van der Waals surface area contributed by atoms with Crippen molar-refractivity contribution in [1.29, 1.82) is 0 Å². The van der Waals surface area contributed by atoms with Gasteiger partial charge in [0.15, 0.2) is 0 Å². The molecule has 1 aliphatic carbocycles. The standard InChI is InChI=1S/C42H26/c1-2-13-27(14-3-1)39-33-19-6-8-21-35(33)41(36-22-9-7-20-34(36)39)38-26-12-24-32-30-18-5-4-17-29(30)31-23-10-15-28-16-11-25-37(40(28)31)42(32)38/h1-26H. The highest BCUT2D eigenvalue weighted by Gasteiger charge is 2.25. The fourth-order valence-corrected chi connectivity index (χ4v) is 7.34. The molecule has 0 atom stereocenters. The molecular formula is C42H26. The largest absolute Gasteiger partial charge is 0.0622 e. The fourth-order valence-electron chi connectivity index (χ4n) is 7.34. The van der Waals surface area contributed by atoms with Crippen LogP contribution in [0.25, 0.3) is 88.0 Å². The van der Waals surface area contributed by atoms with Gasteiger partial charge in [-0.3, -0.25) is 0 Å². The van der Waals surface area contributed by atoms with E-state index in [1.807, 2.05) is 0 Å². The zero-order chi connectivity index (χ0) is 27.6. The Hall–Kier alpha value is -5.46. The summed E-state index contributed by atoms with van der Waals surface area (Å²) in [6, 6.07) is 58.1. The second-order valence-electron chi connectivity index (χ2n) is 11.2. The van der Waals surface area contributed by atoms with Gasteiger partial charge in [0.2, 0.25) is 0 Å². The Morgan fingerprint density at radius 2 is 0.690 bits per heavy atom. The van der Waals surface area contributed by atoms with Crippen LogP contribution in [-0.4, -0.2) is 0 Å². The van der Waals surface area contributed by atoms with Gasteiger partial charge in [0.05, 0.1) is 0 Å². The van der Waals surface area contributed by atoms with E-state index in [4.69, 9.17) is 0 Å². The lowest BCUT2D eigenvalue weighted by molar-refractivity contribution is 1.61. The lowest BCUT2D eigenvalue weighted by atomic mass is 9.81. The molecule has 8 aromatic carbocycles. The molecule has 0 radical (unpaired) electrons. The molecule has 8 aromatic rings. The van der Waals surface area contributed by atoms with Gasteiger partial charge in [-0.15, -0.1) is 0 Å². The van der Waals surface area contributed by atoms with Crippen LogP contribution in [0.15, 0.2) is 158 Å². The van der Waals surface area contributed by atoms with Crippen LogP contribution in [-0.2, 0) is 0 Å². The Morgan fingerprint density at radius 3 is 1.36 bits per heavy atom. The number of fused-ring (bicyclic) bond motifs is 7. The van der Waals surface area contributed by atoms with Crippen LogP contribution >= 0.6 is 0 Å². The molecule has 0 nitrogen and oxygen atoms in total. The first-order valence-corrected chi connectivity index (χ1v) is 14.6. The highest BCUT2D eigenvalue weighted by atomic mass is 14.3. The summed E-state index contributed by atoms with van der Waals surface area (Å²) in [5.74, 6) is 0. The van der Waals surface area contributed by atoms with Crippen molar-refractivity contribution < 1.29 is 0 Å². The molecule has 1 aliphatic rings.